The molecule has 0 spiro atoms. The van der Waals surface area contributed by atoms with Gasteiger partial charge in [0.05, 0.1) is 35.9 Å². The first kappa shape index (κ1) is 20.8. The first-order chi connectivity index (χ1) is 16.4. The van der Waals surface area contributed by atoms with Crippen LogP contribution >= 0.6 is 0 Å². The maximum Gasteiger partial charge on any atom is 0.433 e. The summed E-state index contributed by atoms with van der Waals surface area (Å²) < 4.78 is 44.0. The predicted octanol–water partition coefficient (Wildman–Crippen LogP) is 3.69. The molecule has 1 fully saturated rings. The Labute approximate surface area is 191 Å². The van der Waals surface area contributed by atoms with Crippen LogP contribution in [0.2, 0.25) is 0 Å². The zero-order valence-electron chi connectivity index (χ0n) is 17.9. The minimum atomic E-state index is -4.49. The van der Waals surface area contributed by atoms with Crippen LogP contribution in [-0.4, -0.2) is 34.1 Å². The largest absolute Gasteiger partial charge is 0.433 e. The second kappa shape index (κ2) is 7.64. The number of hydrogen-bond donors (Lipinski definition) is 0. The van der Waals surface area contributed by atoms with Crippen molar-refractivity contribution in [3.63, 3.8) is 0 Å². The van der Waals surface area contributed by atoms with Crippen molar-refractivity contribution in [2.24, 2.45) is 0 Å². The molecule has 1 aliphatic carbocycles. The van der Waals surface area contributed by atoms with Crippen molar-refractivity contribution in [1.29, 1.82) is 0 Å². The van der Waals surface area contributed by atoms with E-state index in [1.807, 2.05) is 6.07 Å². The fourth-order valence-corrected chi connectivity index (χ4v) is 5.01. The van der Waals surface area contributed by atoms with Gasteiger partial charge < -0.3 is 0 Å². The van der Waals surface area contributed by atoms with E-state index < -0.39 is 11.9 Å². The lowest BCUT2D eigenvalue weighted by Gasteiger charge is -2.35. The summed E-state index contributed by atoms with van der Waals surface area (Å²) in [5.41, 5.74) is 1.08. The van der Waals surface area contributed by atoms with Crippen LogP contribution in [0.4, 0.5) is 13.2 Å². The predicted molar refractivity (Wildman–Crippen MR) is 115 cm³/mol. The summed E-state index contributed by atoms with van der Waals surface area (Å²) in [4.78, 5) is 21.6. The molecule has 0 saturated heterocycles. The van der Waals surface area contributed by atoms with E-state index >= 15 is 0 Å². The zero-order chi connectivity index (χ0) is 23.4. The van der Waals surface area contributed by atoms with Gasteiger partial charge in [-0.1, -0.05) is 12.1 Å². The second-order valence-corrected chi connectivity index (χ2v) is 8.74. The van der Waals surface area contributed by atoms with Gasteiger partial charge in [-0.2, -0.15) is 23.4 Å². The Morgan fingerprint density at radius 3 is 2.68 bits per heavy atom. The number of rotatable bonds is 4. The van der Waals surface area contributed by atoms with Crippen molar-refractivity contribution in [3.8, 4) is 5.69 Å². The van der Waals surface area contributed by atoms with Crippen molar-refractivity contribution in [1.82, 2.24) is 34.1 Å². The molecule has 11 heteroatoms. The van der Waals surface area contributed by atoms with Crippen molar-refractivity contribution in [3.05, 3.63) is 88.4 Å². The van der Waals surface area contributed by atoms with Gasteiger partial charge in [-0.15, -0.1) is 0 Å². The van der Waals surface area contributed by atoms with Gasteiger partial charge in [0.25, 0.3) is 0 Å². The SMILES string of the molecule is O=c1n(C2CC(c3cccc(-n4nccc4C(F)(F)F)c3)C2)nc2n1[C@H](c1cnccn1)CC2. The topological polar surface area (TPSA) is 83.4 Å². The first-order valence-electron chi connectivity index (χ1n) is 11.1. The molecule has 0 N–H and O–H groups in total. The summed E-state index contributed by atoms with van der Waals surface area (Å²) in [7, 11) is 0. The van der Waals surface area contributed by atoms with Crippen molar-refractivity contribution < 1.29 is 13.2 Å². The quantitative estimate of drug-likeness (QED) is 0.457. The molecule has 1 aromatic carbocycles. The molecule has 1 atom stereocenters. The highest BCUT2D eigenvalue weighted by molar-refractivity contribution is 5.39. The van der Waals surface area contributed by atoms with E-state index in [0.717, 1.165) is 40.4 Å². The van der Waals surface area contributed by atoms with E-state index in [1.54, 1.807) is 46.0 Å². The van der Waals surface area contributed by atoms with Crippen LogP contribution < -0.4 is 5.69 Å². The lowest BCUT2D eigenvalue weighted by molar-refractivity contribution is -0.142. The van der Waals surface area contributed by atoms with Crippen LogP contribution in [0.3, 0.4) is 0 Å². The van der Waals surface area contributed by atoms with Gasteiger partial charge >= 0.3 is 11.9 Å². The van der Waals surface area contributed by atoms with Gasteiger partial charge in [-0.25, -0.2) is 14.2 Å². The van der Waals surface area contributed by atoms with Gasteiger partial charge in [-0.05, 0) is 48.9 Å². The molecule has 8 nitrogen and oxygen atoms in total. The maximum absolute atomic E-state index is 13.3. The summed E-state index contributed by atoms with van der Waals surface area (Å²) in [5, 5.41) is 8.45. The molecule has 0 bridgehead atoms. The van der Waals surface area contributed by atoms with E-state index in [-0.39, 0.29) is 23.7 Å². The molecule has 0 amide bonds. The molecular weight excluding hydrogens is 447 g/mol. The minimum Gasteiger partial charge on any atom is -0.270 e. The van der Waals surface area contributed by atoms with Gasteiger partial charge in [-0.3, -0.25) is 14.5 Å². The third kappa shape index (κ3) is 3.34. The van der Waals surface area contributed by atoms with E-state index in [9.17, 15) is 18.0 Å². The Morgan fingerprint density at radius 2 is 1.91 bits per heavy atom. The Morgan fingerprint density at radius 1 is 1.06 bits per heavy atom. The number of nitrogens with zero attached hydrogens (tertiary/aromatic N) is 7. The van der Waals surface area contributed by atoms with Crippen molar-refractivity contribution >= 4 is 0 Å². The highest BCUT2D eigenvalue weighted by Crippen LogP contribution is 2.44. The number of aromatic nitrogens is 7. The number of hydrogen-bond acceptors (Lipinski definition) is 5. The molecule has 2 aliphatic rings. The molecule has 6 rings (SSSR count). The number of benzene rings is 1. The van der Waals surface area contributed by atoms with Crippen LogP contribution in [0.25, 0.3) is 5.69 Å². The highest BCUT2D eigenvalue weighted by Gasteiger charge is 2.38. The smallest absolute Gasteiger partial charge is 0.270 e. The molecule has 4 heterocycles. The van der Waals surface area contributed by atoms with Crippen LogP contribution in [0.1, 0.15) is 60.0 Å². The zero-order valence-corrected chi connectivity index (χ0v) is 17.9. The average molecular weight is 467 g/mol. The van der Waals surface area contributed by atoms with Crippen LogP contribution in [0, 0.1) is 0 Å². The van der Waals surface area contributed by atoms with E-state index in [4.69, 9.17) is 0 Å². The first-order valence-corrected chi connectivity index (χ1v) is 11.1. The fourth-order valence-electron chi connectivity index (χ4n) is 5.01. The summed E-state index contributed by atoms with van der Waals surface area (Å²) >= 11 is 0. The highest BCUT2D eigenvalue weighted by atomic mass is 19.4. The minimum absolute atomic E-state index is 0.0443. The fraction of sp³-hybridized carbons (Fsp3) is 0.348. The average Bonchev–Trinajstić information content (AvgIpc) is 3.51. The monoisotopic (exact) mass is 467 g/mol. The third-order valence-electron chi connectivity index (χ3n) is 6.76. The summed E-state index contributed by atoms with van der Waals surface area (Å²) in [6, 6.07) is 7.75. The molecule has 0 unspecified atom stereocenters. The molecule has 4 aromatic rings. The van der Waals surface area contributed by atoms with Crippen LogP contribution in [0.15, 0.2) is 59.9 Å². The molecule has 174 valence electrons. The van der Waals surface area contributed by atoms with Gasteiger partial charge in [0.1, 0.15) is 11.5 Å². The Balaban J connectivity index is 1.22. The standard InChI is InChI=1S/C23H20F3N7O/c24-23(25,26)20-6-7-29-32(20)16-3-1-2-14(10-16)15-11-17(12-15)33-22(34)31-19(4-5-21(31)30-33)18-13-27-8-9-28-18/h1-3,6-10,13,15,17,19H,4-5,11-12H2/t15?,17?,19-/m0/s1. The van der Waals surface area contributed by atoms with Gasteiger partial charge in [0, 0.05) is 18.8 Å². The second-order valence-electron chi connectivity index (χ2n) is 8.74. The number of halogens is 3. The maximum atomic E-state index is 13.3. The normalized spacial score (nSPS) is 21.9. The van der Waals surface area contributed by atoms with Crippen molar-refractivity contribution in [2.75, 3.05) is 0 Å². The van der Waals surface area contributed by atoms with Crippen LogP contribution in [-0.2, 0) is 12.6 Å². The van der Waals surface area contributed by atoms with Crippen LogP contribution in [0.5, 0.6) is 0 Å². The molecule has 1 aliphatic heterocycles. The molecule has 34 heavy (non-hydrogen) atoms. The Hall–Kier alpha value is -3.76. The number of alkyl halides is 3. The summed E-state index contributed by atoms with van der Waals surface area (Å²) in [6.45, 7) is 0. The van der Waals surface area contributed by atoms with Gasteiger partial charge in [0.2, 0.25) is 0 Å². The molecule has 3 aromatic heterocycles. The molecular formula is C23H20F3N7O. The number of aryl methyl sites for hydroxylation is 1. The number of fused-ring (bicyclic) bond motifs is 1. The Bertz CT molecular complexity index is 1400. The molecule has 1 saturated carbocycles. The van der Waals surface area contributed by atoms with Crippen molar-refractivity contribution in [2.45, 2.75) is 49.9 Å². The third-order valence-corrected chi connectivity index (χ3v) is 6.76. The van der Waals surface area contributed by atoms with E-state index in [1.165, 1.54) is 0 Å². The van der Waals surface area contributed by atoms with Gasteiger partial charge in [0.15, 0.2) is 0 Å². The van der Waals surface area contributed by atoms with E-state index in [0.29, 0.717) is 24.9 Å². The van der Waals surface area contributed by atoms with E-state index in [2.05, 4.69) is 20.2 Å². The Kier molecular flexibility index (Phi) is 4.68. The molecule has 0 radical (unpaired) electrons. The summed E-state index contributed by atoms with van der Waals surface area (Å²) in [6.07, 6.45) is 4.42. The lowest BCUT2D eigenvalue weighted by atomic mass is 9.76. The summed E-state index contributed by atoms with van der Waals surface area (Å²) in [5.74, 6) is 0.888. The lowest BCUT2D eigenvalue weighted by Crippen LogP contribution is -2.35.